The van der Waals surface area contributed by atoms with Crippen molar-refractivity contribution < 1.29 is 9.21 Å². The summed E-state index contributed by atoms with van der Waals surface area (Å²) in [5.74, 6) is 0.556. The zero-order chi connectivity index (χ0) is 13.1. The average molecular weight is 249 g/mol. The van der Waals surface area contributed by atoms with E-state index in [-0.39, 0.29) is 11.5 Å². The summed E-state index contributed by atoms with van der Waals surface area (Å²) < 4.78 is 5.53. The molecule has 0 spiro atoms. The van der Waals surface area contributed by atoms with Crippen LogP contribution in [0.1, 0.15) is 16.1 Å². The SMILES string of the molecule is O=C(c1ccccc1)c1cnc(-c2ccccc2)o1. The molecule has 0 atom stereocenters. The van der Waals surface area contributed by atoms with Crippen LogP contribution >= 0.6 is 0 Å². The zero-order valence-electron chi connectivity index (χ0n) is 10.1. The molecule has 1 aromatic heterocycles. The van der Waals surface area contributed by atoms with Gasteiger partial charge in [-0.25, -0.2) is 4.98 Å². The predicted molar refractivity (Wildman–Crippen MR) is 71.8 cm³/mol. The monoisotopic (exact) mass is 249 g/mol. The Kier molecular flexibility index (Phi) is 2.94. The molecule has 0 unspecified atom stereocenters. The van der Waals surface area contributed by atoms with Crippen LogP contribution in [0, 0.1) is 0 Å². The second-order valence-electron chi connectivity index (χ2n) is 4.09. The van der Waals surface area contributed by atoms with Gasteiger partial charge in [-0.2, -0.15) is 0 Å². The van der Waals surface area contributed by atoms with E-state index in [0.717, 1.165) is 5.56 Å². The van der Waals surface area contributed by atoms with Gasteiger partial charge in [0.05, 0.1) is 6.20 Å². The summed E-state index contributed by atoms with van der Waals surface area (Å²) in [5.41, 5.74) is 1.45. The number of hydrogen-bond donors (Lipinski definition) is 0. The second kappa shape index (κ2) is 4.90. The van der Waals surface area contributed by atoms with Gasteiger partial charge in [0.25, 0.3) is 0 Å². The molecule has 0 aliphatic carbocycles. The number of carbonyl (C=O) groups is 1. The van der Waals surface area contributed by atoms with Crippen LogP contribution in [-0.2, 0) is 0 Å². The molecule has 92 valence electrons. The smallest absolute Gasteiger partial charge is 0.229 e. The van der Waals surface area contributed by atoms with Crippen molar-refractivity contribution in [3.8, 4) is 11.5 Å². The van der Waals surface area contributed by atoms with Crippen LogP contribution in [0.25, 0.3) is 11.5 Å². The quantitative estimate of drug-likeness (QED) is 0.666. The normalized spacial score (nSPS) is 10.3. The van der Waals surface area contributed by atoms with Gasteiger partial charge < -0.3 is 4.42 Å². The highest BCUT2D eigenvalue weighted by Crippen LogP contribution is 2.20. The summed E-state index contributed by atoms with van der Waals surface area (Å²) in [6, 6.07) is 18.5. The molecular weight excluding hydrogens is 238 g/mol. The summed E-state index contributed by atoms with van der Waals surface area (Å²) >= 11 is 0. The Morgan fingerprint density at radius 2 is 1.53 bits per heavy atom. The largest absolute Gasteiger partial charge is 0.433 e. The minimum Gasteiger partial charge on any atom is -0.433 e. The minimum atomic E-state index is -0.157. The first-order valence-corrected chi connectivity index (χ1v) is 5.95. The van der Waals surface area contributed by atoms with Gasteiger partial charge in [0.15, 0.2) is 5.76 Å². The van der Waals surface area contributed by atoms with Gasteiger partial charge in [-0.3, -0.25) is 4.79 Å². The number of carbonyl (C=O) groups excluding carboxylic acids is 1. The first kappa shape index (κ1) is 11.4. The molecule has 0 N–H and O–H groups in total. The summed E-state index contributed by atoms with van der Waals surface area (Å²) in [6.07, 6.45) is 1.47. The van der Waals surface area contributed by atoms with E-state index in [1.54, 1.807) is 12.1 Å². The molecule has 0 aliphatic heterocycles. The van der Waals surface area contributed by atoms with Crippen molar-refractivity contribution in [2.24, 2.45) is 0 Å². The standard InChI is InChI=1S/C16H11NO2/c18-15(12-7-3-1-4-8-12)14-11-17-16(19-14)13-9-5-2-6-10-13/h1-11H. The molecule has 19 heavy (non-hydrogen) atoms. The number of ketones is 1. The van der Waals surface area contributed by atoms with Crippen molar-refractivity contribution in [3.63, 3.8) is 0 Å². The summed E-state index contributed by atoms with van der Waals surface area (Å²) in [6.45, 7) is 0. The van der Waals surface area contributed by atoms with E-state index in [1.807, 2.05) is 48.5 Å². The molecule has 3 heteroatoms. The van der Waals surface area contributed by atoms with Crippen LogP contribution in [0.2, 0.25) is 0 Å². The fraction of sp³-hybridized carbons (Fsp3) is 0. The highest BCUT2D eigenvalue weighted by atomic mass is 16.4. The average Bonchev–Trinajstić information content (AvgIpc) is 2.98. The molecule has 3 rings (SSSR count). The molecule has 3 aromatic rings. The van der Waals surface area contributed by atoms with E-state index in [4.69, 9.17) is 4.42 Å². The molecule has 0 fully saturated rings. The highest BCUT2D eigenvalue weighted by Gasteiger charge is 2.14. The Balaban J connectivity index is 1.92. The third-order valence-corrected chi connectivity index (χ3v) is 2.79. The van der Waals surface area contributed by atoms with E-state index >= 15 is 0 Å². The van der Waals surface area contributed by atoms with Crippen molar-refractivity contribution in [2.75, 3.05) is 0 Å². The number of hydrogen-bond acceptors (Lipinski definition) is 3. The van der Waals surface area contributed by atoms with Gasteiger partial charge in [-0.15, -0.1) is 0 Å². The van der Waals surface area contributed by atoms with Gasteiger partial charge >= 0.3 is 0 Å². The van der Waals surface area contributed by atoms with Crippen molar-refractivity contribution in [1.82, 2.24) is 4.98 Å². The Bertz CT molecular complexity index is 687. The Labute approximate surface area is 110 Å². The lowest BCUT2D eigenvalue weighted by Gasteiger charge is -1.96. The maximum atomic E-state index is 12.2. The maximum Gasteiger partial charge on any atom is 0.229 e. The fourth-order valence-electron chi connectivity index (χ4n) is 1.83. The molecule has 3 nitrogen and oxygen atoms in total. The van der Waals surface area contributed by atoms with E-state index < -0.39 is 0 Å². The molecule has 0 aliphatic rings. The van der Waals surface area contributed by atoms with Crippen molar-refractivity contribution in [2.45, 2.75) is 0 Å². The number of oxazole rings is 1. The van der Waals surface area contributed by atoms with Crippen molar-refractivity contribution in [1.29, 1.82) is 0 Å². The van der Waals surface area contributed by atoms with Crippen LogP contribution in [0.3, 0.4) is 0 Å². The van der Waals surface area contributed by atoms with Crippen molar-refractivity contribution >= 4 is 5.78 Å². The van der Waals surface area contributed by atoms with Gasteiger partial charge in [0, 0.05) is 11.1 Å². The first-order valence-electron chi connectivity index (χ1n) is 5.95. The van der Waals surface area contributed by atoms with Crippen LogP contribution in [0.15, 0.2) is 71.3 Å². The third-order valence-electron chi connectivity index (χ3n) is 2.79. The molecule has 0 saturated carbocycles. The molecule has 0 saturated heterocycles. The lowest BCUT2D eigenvalue weighted by Crippen LogP contribution is -1.98. The van der Waals surface area contributed by atoms with Gasteiger partial charge in [-0.05, 0) is 12.1 Å². The number of rotatable bonds is 3. The molecule has 2 aromatic carbocycles. The lowest BCUT2D eigenvalue weighted by molar-refractivity contribution is 0.101. The third kappa shape index (κ3) is 2.31. The minimum absolute atomic E-state index is 0.157. The lowest BCUT2D eigenvalue weighted by atomic mass is 10.1. The van der Waals surface area contributed by atoms with Gasteiger partial charge in [0.2, 0.25) is 11.7 Å². The number of nitrogens with zero attached hydrogens (tertiary/aromatic N) is 1. The van der Waals surface area contributed by atoms with E-state index in [0.29, 0.717) is 11.5 Å². The molecule has 0 amide bonds. The maximum absolute atomic E-state index is 12.2. The molecule has 1 heterocycles. The van der Waals surface area contributed by atoms with E-state index in [2.05, 4.69) is 4.98 Å². The Morgan fingerprint density at radius 3 is 2.21 bits per heavy atom. The Morgan fingerprint density at radius 1 is 0.895 bits per heavy atom. The molecule has 0 radical (unpaired) electrons. The van der Waals surface area contributed by atoms with E-state index in [1.165, 1.54) is 6.20 Å². The summed E-state index contributed by atoms with van der Waals surface area (Å²) in [4.78, 5) is 16.3. The van der Waals surface area contributed by atoms with Gasteiger partial charge in [0.1, 0.15) is 0 Å². The van der Waals surface area contributed by atoms with Crippen LogP contribution in [0.4, 0.5) is 0 Å². The van der Waals surface area contributed by atoms with Gasteiger partial charge in [-0.1, -0.05) is 48.5 Å². The fourth-order valence-corrected chi connectivity index (χ4v) is 1.83. The predicted octanol–water partition coefficient (Wildman–Crippen LogP) is 3.57. The van der Waals surface area contributed by atoms with Crippen LogP contribution in [-0.4, -0.2) is 10.8 Å². The van der Waals surface area contributed by atoms with Crippen LogP contribution in [0.5, 0.6) is 0 Å². The Hall–Kier alpha value is -2.68. The number of aromatic nitrogens is 1. The molecular formula is C16H11NO2. The molecule has 0 bridgehead atoms. The highest BCUT2D eigenvalue weighted by molar-refractivity contribution is 6.07. The van der Waals surface area contributed by atoms with Crippen LogP contribution < -0.4 is 0 Å². The first-order chi connectivity index (χ1) is 9.34. The van der Waals surface area contributed by atoms with Crippen molar-refractivity contribution in [3.05, 3.63) is 78.2 Å². The zero-order valence-corrected chi connectivity index (χ0v) is 10.1. The summed E-state index contributed by atoms with van der Waals surface area (Å²) in [5, 5.41) is 0. The second-order valence-corrected chi connectivity index (χ2v) is 4.09. The summed E-state index contributed by atoms with van der Waals surface area (Å²) in [7, 11) is 0. The topological polar surface area (TPSA) is 43.1 Å². The van der Waals surface area contributed by atoms with E-state index in [9.17, 15) is 4.79 Å². The number of benzene rings is 2.